The second-order valence-corrected chi connectivity index (χ2v) is 5.61. The van der Waals surface area contributed by atoms with Crippen LogP contribution in [0.15, 0.2) is 59.7 Å². The van der Waals surface area contributed by atoms with Gasteiger partial charge in [-0.15, -0.1) is 0 Å². The van der Waals surface area contributed by atoms with Crippen LogP contribution in [0.3, 0.4) is 0 Å². The smallest absolute Gasteiger partial charge is 0.283 e. The highest BCUT2D eigenvalue weighted by Crippen LogP contribution is 2.40. The number of benzene rings is 2. The van der Waals surface area contributed by atoms with Gasteiger partial charge in [0.15, 0.2) is 6.10 Å². The van der Waals surface area contributed by atoms with Gasteiger partial charge in [-0.25, -0.2) is 5.01 Å². The van der Waals surface area contributed by atoms with Crippen LogP contribution >= 0.6 is 0 Å². The zero-order chi connectivity index (χ0) is 15.1. The van der Waals surface area contributed by atoms with Gasteiger partial charge in [-0.3, -0.25) is 4.79 Å². The molecule has 2 aliphatic heterocycles. The van der Waals surface area contributed by atoms with Gasteiger partial charge in [0.05, 0.1) is 11.8 Å². The molecule has 2 aromatic carbocycles. The molecule has 4 rings (SSSR count). The lowest BCUT2D eigenvalue weighted by atomic mass is 9.98. The van der Waals surface area contributed by atoms with E-state index < -0.39 is 6.10 Å². The zero-order valence-electron chi connectivity index (χ0n) is 12.3. The van der Waals surface area contributed by atoms with Crippen LogP contribution in [-0.2, 0) is 4.79 Å². The highest BCUT2D eigenvalue weighted by Gasteiger charge is 2.39. The fourth-order valence-corrected chi connectivity index (χ4v) is 3.05. The van der Waals surface area contributed by atoms with E-state index in [-0.39, 0.29) is 11.9 Å². The van der Waals surface area contributed by atoms with Crippen molar-refractivity contribution < 1.29 is 9.53 Å². The Morgan fingerprint density at radius 2 is 1.82 bits per heavy atom. The molecule has 110 valence electrons. The Balaban J connectivity index is 1.79. The second-order valence-electron chi connectivity index (χ2n) is 5.61. The molecule has 0 fully saturated rings. The number of nitrogens with zero attached hydrogens (tertiary/aromatic N) is 2. The number of hydrogen-bond acceptors (Lipinski definition) is 3. The molecule has 2 unspecified atom stereocenters. The minimum absolute atomic E-state index is 0.0798. The van der Waals surface area contributed by atoms with Gasteiger partial charge in [-0.05, 0) is 18.6 Å². The third-order valence-corrected chi connectivity index (χ3v) is 4.17. The Labute approximate surface area is 129 Å². The van der Waals surface area contributed by atoms with Crippen molar-refractivity contribution in [3.63, 3.8) is 0 Å². The molecule has 1 amide bonds. The van der Waals surface area contributed by atoms with E-state index in [9.17, 15) is 4.79 Å². The van der Waals surface area contributed by atoms with Crippen LogP contribution in [0, 0.1) is 0 Å². The highest BCUT2D eigenvalue weighted by molar-refractivity contribution is 6.03. The maximum absolute atomic E-state index is 12.6. The van der Waals surface area contributed by atoms with Gasteiger partial charge in [0, 0.05) is 12.0 Å². The zero-order valence-corrected chi connectivity index (χ0v) is 12.3. The van der Waals surface area contributed by atoms with Gasteiger partial charge < -0.3 is 4.74 Å². The average molecular weight is 292 g/mol. The lowest BCUT2D eigenvalue weighted by Crippen LogP contribution is -2.34. The largest absolute Gasteiger partial charge is 0.480 e. The fourth-order valence-electron chi connectivity index (χ4n) is 3.05. The summed E-state index contributed by atoms with van der Waals surface area (Å²) in [6.07, 6.45) is 0.188. The van der Waals surface area contributed by atoms with Crippen molar-refractivity contribution in [2.24, 2.45) is 5.10 Å². The summed E-state index contributed by atoms with van der Waals surface area (Å²) in [5.41, 5.74) is 3.03. The van der Waals surface area contributed by atoms with Gasteiger partial charge in [0.2, 0.25) is 0 Å². The van der Waals surface area contributed by atoms with Crippen LogP contribution in [0.2, 0.25) is 0 Å². The lowest BCUT2D eigenvalue weighted by Gasteiger charge is -2.19. The van der Waals surface area contributed by atoms with Gasteiger partial charge in [-0.1, -0.05) is 48.5 Å². The number of ether oxygens (including phenoxy) is 1. The van der Waals surface area contributed by atoms with E-state index in [1.165, 1.54) is 0 Å². The second kappa shape index (κ2) is 4.98. The van der Waals surface area contributed by atoms with Crippen LogP contribution in [0.1, 0.15) is 30.5 Å². The summed E-state index contributed by atoms with van der Waals surface area (Å²) < 4.78 is 5.79. The molecular weight excluding hydrogens is 276 g/mol. The third kappa shape index (κ3) is 1.99. The number of carbonyl (C=O) groups excluding carboxylic acids is 1. The van der Waals surface area contributed by atoms with Crippen LogP contribution in [0.25, 0.3) is 0 Å². The number of fused-ring (bicyclic) bond motifs is 3. The van der Waals surface area contributed by atoms with Gasteiger partial charge in [-0.2, -0.15) is 5.10 Å². The summed E-state index contributed by atoms with van der Waals surface area (Å²) in [7, 11) is 0. The SMILES string of the molecule is CC1Oc2ccccc2C2CC(c3ccccc3)=NN2C1=O. The molecule has 22 heavy (non-hydrogen) atoms. The number of carbonyl (C=O) groups is 1. The topological polar surface area (TPSA) is 41.9 Å². The summed E-state index contributed by atoms with van der Waals surface area (Å²) in [6.45, 7) is 1.78. The van der Waals surface area contributed by atoms with Gasteiger partial charge in [0.25, 0.3) is 5.91 Å². The first-order valence-electron chi connectivity index (χ1n) is 7.45. The standard InChI is InChI=1S/C18H16N2O2/c1-12-18(21)20-16(14-9-5-6-10-17(14)22-12)11-15(19-20)13-7-3-2-4-8-13/h2-10,12,16H,11H2,1H3. The summed E-state index contributed by atoms with van der Waals surface area (Å²) >= 11 is 0. The minimum atomic E-state index is -0.523. The molecule has 0 saturated carbocycles. The van der Waals surface area contributed by atoms with Crippen LogP contribution in [0.4, 0.5) is 0 Å². The Morgan fingerprint density at radius 1 is 1.09 bits per heavy atom. The number of para-hydroxylation sites is 1. The maximum Gasteiger partial charge on any atom is 0.283 e. The lowest BCUT2D eigenvalue weighted by molar-refractivity contribution is -0.138. The third-order valence-electron chi connectivity index (χ3n) is 4.17. The normalized spacial score (nSPS) is 23.2. The summed E-state index contributed by atoms with van der Waals surface area (Å²) in [6, 6.07) is 17.8. The molecule has 2 atom stereocenters. The Morgan fingerprint density at radius 3 is 2.64 bits per heavy atom. The fraction of sp³-hybridized carbons (Fsp3) is 0.222. The van der Waals surface area contributed by atoms with E-state index in [0.29, 0.717) is 6.42 Å². The first-order chi connectivity index (χ1) is 10.7. The minimum Gasteiger partial charge on any atom is -0.480 e. The molecule has 2 aromatic rings. The predicted octanol–water partition coefficient (Wildman–Crippen LogP) is 3.15. The van der Waals surface area contributed by atoms with Crippen molar-refractivity contribution in [2.45, 2.75) is 25.5 Å². The monoisotopic (exact) mass is 292 g/mol. The van der Waals surface area contributed by atoms with E-state index in [1.807, 2.05) is 54.6 Å². The number of amides is 1. The van der Waals surface area contributed by atoms with Gasteiger partial charge in [0.1, 0.15) is 5.75 Å². The van der Waals surface area contributed by atoms with Crippen molar-refractivity contribution in [1.29, 1.82) is 0 Å². The Kier molecular flexibility index (Phi) is 2.96. The van der Waals surface area contributed by atoms with Crippen molar-refractivity contribution in [1.82, 2.24) is 5.01 Å². The molecule has 0 aliphatic carbocycles. The molecule has 4 heteroatoms. The van der Waals surface area contributed by atoms with Gasteiger partial charge >= 0.3 is 0 Å². The quantitative estimate of drug-likeness (QED) is 0.810. The molecular formula is C18H16N2O2. The van der Waals surface area contributed by atoms with Crippen molar-refractivity contribution in [3.8, 4) is 5.75 Å². The van der Waals surface area contributed by atoms with Crippen molar-refractivity contribution >= 4 is 11.6 Å². The molecule has 2 heterocycles. The molecule has 4 nitrogen and oxygen atoms in total. The summed E-state index contributed by atoms with van der Waals surface area (Å²) in [5.74, 6) is 0.687. The predicted molar refractivity (Wildman–Crippen MR) is 83.7 cm³/mol. The number of hydrogen-bond donors (Lipinski definition) is 0. The molecule has 0 bridgehead atoms. The van der Waals surface area contributed by atoms with E-state index >= 15 is 0 Å². The van der Waals surface area contributed by atoms with Crippen LogP contribution < -0.4 is 4.74 Å². The molecule has 0 aromatic heterocycles. The maximum atomic E-state index is 12.6. The van der Waals surface area contributed by atoms with Crippen molar-refractivity contribution in [2.75, 3.05) is 0 Å². The Hall–Kier alpha value is -2.62. The molecule has 0 N–H and O–H groups in total. The first kappa shape index (κ1) is 13.1. The summed E-state index contributed by atoms with van der Waals surface area (Å²) in [5, 5.41) is 6.19. The summed E-state index contributed by atoms with van der Waals surface area (Å²) in [4.78, 5) is 12.6. The van der Waals surface area contributed by atoms with Crippen molar-refractivity contribution in [3.05, 3.63) is 65.7 Å². The molecule has 0 radical (unpaired) electrons. The van der Waals surface area contributed by atoms with Crippen LogP contribution in [-0.4, -0.2) is 22.7 Å². The van der Waals surface area contributed by atoms with E-state index in [1.54, 1.807) is 11.9 Å². The van der Waals surface area contributed by atoms with E-state index in [4.69, 9.17) is 4.74 Å². The molecule has 2 aliphatic rings. The highest BCUT2D eigenvalue weighted by atomic mass is 16.5. The number of hydrazone groups is 1. The average Bonchev–Trinajstić information content (AvgIpc) is 2.97. The molecule has 0 spiro atoms. The number of rotatable bonds is 1. The van der Waals surface area contributed by atoms with E-state index in [0.717, 1.165) is 22.6 Å². The van der Waals surface area contributed by atoms with E-state index in [2.05, 4.69) is 5.10 Å². The molecule has 0 saturated heterocycles. The van der Waals surface area contributed by atoms with Crippen LogP contribution in [0.5, 0.6) is 5.75 Å². The Bertz CT molecular complexity index is 755. The first-order valence-corrected chi connectivity index (χ1v) is 7.45.